The van der Waals surface area contributed by atoms with Crippen molar-refractivity contribution in [3.63, 3.8) is 0 Å². The van der Waals surface area contributed by atoms with E-state index < -0.39 is 0 Å². The van der Waals surface area contributed by atoms with Crippen molar-refractivity contribution in [2.24, 2.45) is 5.92 Å². The van der Waals surface area contributed by atoms with E-state index in [0.29, 0.717) is 12.0 Å². The van der Waals surface area contributed by atoms with Gasteiger partial charge >= 0.3 is 5.69 Å². The summed E-state index contributed by atoms with van der Waals surface area (Å²) in [4.78, 5) is 16.9. The molecule has 0 saturated carbocycles. The van der Waals surface area contributed by atoms with Gasteiger partial charge in [-0.25, -0.2) is 4.79 Å². The maximum Gasteiger partial charge on any atom is 0.323 e. The summed E-state index contributed by atoms with van der Waals surface area (Å²) in [5.41, 5.74) is 2.84. The van der Waals surface area contributed by atoms with Crippen molar-refractivity contribution in [3.05, 3.63) is 34.2 Å². The van der Waals surface area contributed by atoms with E-state index in [2.05, 4.69) is 32.7 Å². The van der Waals surface area contributed by atoms with Gasteiger partial charge in [0.25, 0.3) is 0 Å². The number of imidazole rings is 1. The smallest absolute Gasteiger partial charge is 0.316 e. The van der Waals surface area contributed by atoms with E-state index in [0.717, 1.165) is 24.1 Å². The Morgan fingerprint density at radius 2 is 2.16 bits per heavy atom. The molecule has 0 spiro atoms. The molecule has 2 aromatic rings. The molecule has 1 aliphatic heterocycles. The van der Waals surface area contributed by atoms with Crippen molar-refractivity contribution in [2.45, 2.75) is 18.9 Å². The zero-order valence-corrected chi connectivity index (χ0v) is 11.1. The van der Waals surface area contributed by atoms with Gasteiger partial charge in [0.1, 0.15) is 0 Å². The van der Waals surface area contributed by atoms with Crippen LogP contribution in [0.25, 0.3) is 11.0 Å². The van der Waals surface area contributed by atoms with Gasteiger partial charge in [0.15, 0.2) is 0 Å². The summed E-state index contributed by atoms with van der Waals surface area (Å²) in [6, 6.07) is 6.48. The normalized spacial score (nSPS) is 21.6. The molecule has 1 saturated heterocycles. The minimum absolute atomic E-state index is 0.146. The van der Waals surface area contributed by atoms with Crippen LogP contribution in [0.4, 0.5) is 0 Å². The molecule has 1 aromatic carbocycles. The molecule has 3 rings (SSSR count). The van der Waals surface area contributed by atoms with Crippen LogP contribution in [0.5, 0.6) is 0 Å². The summed E-state index contributed by atoms with van der Waals surface area (Å²) in [6.07, 6.45) is 2.46. The number of aromatic amines is 2. The first kappa shape index (κ1) is 12.4. The third kappa shape index (κ3) is 2.43. The molecular formula is C14H20N4O. The summed E-state index contributed by atoms with van der Waals surface area (Å²) in [6.45, 7) is 2.17. The number of benzene rings is 1. The first-order valence-electron chi connectivity index (χ1n) is 6.88. The third-order valence-electron chi connectivity index (χ3n) is 4.02. The Hall–Kier alpha value is -1.59. The molecule has 102 valence electrons. The average molecular weight is 260 g/mol. The van der Waals surface area contributed by atoms with Gasteiger partial charge in [0, 0.05) is 6.04 Å². The predicted molar refractivity (Wildman–Crippen MR) is 76.3 cm³/mol. The van der Waals surface area contributed by atoms with Crippen molar-refractivity contribution >= 4 is 11.0 Å². The van der Waals surface area contributed by atoms with Crippen LogP contribution in [0.15, 0.2) is 23.0 Å². The fourth-order valence-corrected chi connectivity index (χ4v) is 3.08. The summed E-state index contributed by atoms with van der Waals surface area (Å²) in [5, 5.41) is 6.87. The lowest BCUT2D eigenvalue weighted by atomic mass is 9.87. The Kier molecular flexibility index (Phi) is 3.40. The van der Waals surface area contributed by atoms with E-state index in [-0.39, 0.29) is 5.69 Å². The van der Waals surface area contributed by atoms with Crippen molar-refractivity contribution in [3.8, 4) is 0 Å². The van der Waals surface area contributed by atoms with Gasteiger partial charge in [0.2, 0.25) is 0 Å². The van der Waals surface area contributed by atoms with Gasteiger partial charge in [-0.05, 0) is 56.6 Å². The number of hydrogen-bond acceptors (Lipinski definition) is 3. The van der Waals surface area contributed by atoms with Crippen LogP contribution in [-0.2, 0) is 0 Å². The Bertz CT molecular complexity index is 609. The first-order chi connectivity index (χ1) is 9.28. The first-order valence-corrected chi connectivity index (χ1v) is 6.88. The third-order valence-corrected chi connectivity index (χ3v) is 4.02. The van der Waals surface area contributed by atoms with Crippen molar-refractivity contribution in [2.75, 3.05) is 20.1 Å². The molecule has 4 N–H and O–H groups in total. The molecule has 0 amide bonds. The highest BCUT2D eigenvalue weighted by molar-refractivity contribution is 5.75. The van der Waals surface area contributed by atoms with Crippen LogP contribution in [0.2, 0.25) is 0 Å². The summed E-state index contributed by atoms with van der Waals surface area (Å²) >= 11 is 0. The lowest BCUT2D eigenvalue weighted by Crippen LogP contribution is -2.37. The summed E-state index contributed by atoms with van der Waals surface area (Å²) < 4.78 is 0. The molecule has 0 aliphatic carbocycles. The fraction of sp³-hybridized carbons (Fsp3) is 0.500. The highest BCUT2D eigenvalue weighted by Gasteiger charge is 2.23. The van der Waals surface area contributed by atoms with E-state index in [1.807, 2.05) is 13.1 Å². The van der Waals surface area contributed by atoms with E-state index in [9.17, 15) is 4.79 Å². The molecule has 1 fully saturated rings. The number of aromatic nitrogens is 2. The average Bonchev–Trinajstić information content (AvgIpc) is 2.80. The molecule has 5 heteroatoms. The minimum Gasteiger partial charge on any atom is -0.316 e. The van der Waals surface area contributed by atoms with Crippen molar-refractivity contribution < 1.29 is 0 Å². The van der Waals surface area contributed by atoms with Crippen molar-refractivity contribution in [1.29, 1.82) is 0 Å². The molecule has 2 heterocycles. The summed E-state index contributed by atoms with van der Waals surface area (Å²) in [5.74, 6) is 0.599. The van der Waals surface area contributed by atoms with E-state index in [1.54, 1.807) is 0 Å². The Labute approximate surface area is 111 Å². The lowest BCUT2D eigenvalue weighted by Gasteiger charge is -2.31. The van der Waals surface area contributed by atoms with E-state index in [4.69, 9.17) is 0 Å². The van der Waals surface area contributed by atoms with Gasteiger partial charge in [-0.2, -0.15) is 0 Å². The van der Waals surface area contributed by atoms with Gasteiger partial charge in [0.05, 0.1) is 11.0 Å². The second-order valence-corrected chi connectivity index (χ2v) is 5.26. The quantitative estimate of drug-likeness (QED) is 0.668. The Morgan fingerprint density at radius 1 is 1.32 bits per heavy atom. The van der Waals surface area contributed by atoms with Crippen LogP contribution in [0.1, 0.15) is 24.4 Å². The van der Waals surface area contributed by atoms with Crippen LogP contribution in [0, 0.1) is 5.92 Å². The topological polar surface area (TPSA) is 72.7 Å². The number of piperidine rings is 1. The minimum atomic E-state index is -0.146. The van der Waals surface area contributed by atoms with Crippen LogP contribution in [0.3, 0.4) is 0 Å². The monoisotopic (exact) mass is 260 g/mol. The van der Waals surface area contributed by atoms with Crippen LogP contribution in [-0.4, -0.2) is 30.1 Å². The highest BCUT2D eigenvalue weighted by atomic mass is 16.1. The number of rotatable bonds is 3. The maximum atomic E-state index is 11.3. The fourth-order valence-electron chi connectivity index (χ4n) is 3.08. The van der Waals surface area contributed by atoms with Gasteiger partial charge in [-0.1, -0.05) is 6.07 Å². The molecule has 2 atom stereocenters. The number of fused-ring (bicyclic) bond motifs is 1. The lowest BCUT2D eigenvalue weighted by molar-refractivity contribution is 0.298. The molecule has 19 heavy (non-hydrogen) atoms. The largest absolute Gasteiger partial charge is 0.323 e. The van der Waals surface area contributed by atoms with Crippen LogP contribution < -0.4 is 16.3 Å². The number of H-pyrrole nitrogens is 2. The molecule has 2 unspecified atom stereocenters. The van der Waals surface area contributed by atoms with Gasteiger partial charge in [-0.15, -0.1) is 0 Å². The summed E-state index contributed by atoms with van der Waals surface area (Å²) in [7, 11) is 2.00. The Balaban J connectivity index is 1.93. The second kappa shape index (κ2) is 5.19. The van der Waals surface area contributed by atoms with Crippen molar-refractivity contribution in [1.82, 2.24) is 20.6 Å². The SMILES string of the molecule is CNC(c1ccc2[nH]c(=O)[nH]c2c1)C1CCCNC1. The molecular weight excluding hydrogens is 240 g/mol. The van der Waals surface area contributed by atoms with Gasteiger partial charge < -0.3 is 20.6 Å². The maximum absolute atomic E-state index is 11.3. The standard InChI is InChI=1S/C14H20N4O/c1-15-13(10-3-2-6-16-8-10)9-4-5-11-12(7-9)18-14(19)17-11/h4-5,7,10,13,15-16H,2-3,6,8H2,1H3,(H2,17,18,19). The van der Waals surface area contributed by atoms with Gasteiger partial charge in [-0.3, -0.25) is 0 Å². The zero-order chi connectivity index (χ0) is 13.2. The molecule has 1 aliphatic rings. The second-order valence-electron chi connectivity index (χ2n) is 5.26. The number of nitrogens with one attached hydrogen (secondary N) is 4. The molecule has 5 nitrogen and oxygen atoms in total. The molecule has 0 radical (unpaired) electrons. The van der Waals surface area contributed by atoms with Crippen LogP contribution >= 0.6 is 0 Å². The number of hydrogen-bond donors (Lipinski definition) is 4. The molecule has 1 aromatic heterocycles. The highest BCUT2D eigenvalue weighted by Crippen LogP contribution is 2.28. The van der Waals surface area contributed by atoms with E-state index >= 15 is 0 Å². The Morgan fingerprint density at radius 3 is 2.89 bits per heavy atom. The molecule has 0 bridgehead atoms. The predicted octanol–water partition coefficient (Wildman–Crippen LogP) is 1.12. The van der Waals surface area contributed by atoms with E-state index in [1.165, 1.54) is 18.4 Å². The zero-order valence-electron chi connectivity index (χ0n) is 11.1.